The Kier molecular flexibility index (Phi) is 5.93. The van der Waals surface area contributed by atoms with Crippen LogP contribution in [0.1, 0.15) is 30.5 Å². The van der Waals surface area contributed by atoms with Gasteiger partial charge in [0.05, 0.1) is 36.1 Å². The number of fused-ring (bicyclic) bond motifs is 1. The number of rotatable bonds is 5. The van der Waals surface area contributed by atoms with E-state index in [2.05, 4.69) is 33.1 Å². The molecule has 0 spiro atoms. The van der Waals surface area contributed by atoms with Crippen LogP contribution in [0.3, 0.4) is 0 Å². The van der Waals surface area contributed by atoms with Crippen LogP contribution in [0.2, 0.25) is 0 Å². The van der Waals surface area contributed by atoms with Crippen LogP contribution >= 0.6 is 0 Å². The smallest absolute Gasteiger partial charge is 0.0995 e. The van der Waals surface area contributed by atoms with Crippen molar-refractivity contribution >= 4 is 10.9 Å². The quantitative estimate of drug-likeness (QED) is 0.453. The molecular formula is C28H28N4O2. The number of H-pyrrole nitrogens is 1. The number of benzene rings is 2. The third-order valence-electron chi connectivity index (χ3n) is 6.45. The molecule has 6 nitrogen and oxygen atoms in total. The summed E-state index contributed by atoms with van der Waals surface area (Å²) in [6.07, 6.45) is 1.79. The average Bonchev–Trinajstić information content (AvgIpc) is 3.29. The van der Waals surface area contributed by atoms with Gasteiger partial charge in [0.15, 0.2) is 0 Å². The summed E-state index contributed by atoms with van der Waals surface area (Å²) in [5, 5.41) is 21.1. The van der Waals surface area contributed by atoms with Crippen molar-refractivity contribution in [3.05, 3.63) is 77.5 Å². The van der Waals surface area contributed by atoms with Crippen LogP contribution in [-0.2, 0) is 16.9 Å². The molecule has 5 rings (SSSR count). The molecule has 172 valence electrons. The number of hydrogen-bond acceptors (Lipinski definition) is 5. The van der Waals surface area contributed by atoms with E-state index in [4.69, 9.17) is 4.74 Å². The van der Waals surface area contributed by atoms with Crippen molar-refractivity contribution in [2.24, 2.45) is 0 Å². The first kappa shape index (κ1) is 22.3. The third kappa shape index (κ3) is 4.46. The van der Waals surface area contributed by atoms with E-state index in [0.29, 0.717) is 5.56 Å². The van der Waals surface area contributed by atoms with Crippen LogP contribution in [0.4, 0.5) is 0 Å². The summed E-state index contributed by atoms with van der Waals surface area (Å²) in [6.45, 7) is 7.56. The van der Waals surface area contributed by atoms with E-state index < -0.39 is 5.60 Å². The van der Waals surface area contributed by atoms with Crippen molar-refractivity contribution in [3.63, 3.8) is 0 Å². The maximum absolute atomic E-state index is 10.2. The lowest BCUT2D eigenvalue weighted by Crippen LogP contribution is -2.35. The van der Waals surface area contributed by atoms with Crippen LogP contribution in [0.25, 0.3) is 33.4 Å². The maximum Gasteiger partial charge on any atom is 0.0995 e. The third-order valence-corrected chi connectivity index (χ3v) is 6.45. The molecule has 0 bridgehead atoms. The summed E-state index contributed by atoms with van der Waals surface area (Å²) in [5.74, 6) is 0. The highest BCUT2D eigenvalue weighted by Gasteiger charge is 2.17. The van der Waals surface area contributed by atoms with E-state index in [1.165, 1.54) is 0 Å². The molecule has 2 aromatic carbocycles. The lowest BCUT2D eigenvalue weighted by atomic mass is 9.96. The normalized spacial score (nSPS) is 14.9. The molecule has 0 saturated carbocycles. The Bertz CT molecular complexity index is 1350. The molecule has 0 aliphatic carbocycles. The van der Waals surface area contributed by atoms with Crippen molar-refractivity contribution in [1.29, 1.82) is 5.26 Å². The second-order valence-corrected chi connectivity index (χ2v) is 9.31. The molecule has 0 unspecified atom stereocenters. The van der Waals surface area contributed by atoms with E-state index in [0.717, 1.165) is 77.4 Å². The van der Waals surface area contributed by atoms with Gasteiger partial charge in [-0.1, -0.05) is 36.4 Å². The number of aromatic amines is 1. The van der Waals surface area contributed by atoms with Gasteiger partial charge in [0.2, 0.25) is 0 Å². The molecule has 2 aromatic heterocycles. The summed E-state index contributed by atoms with van der Waals surface area (Å²) < 4.78 is 5.44. The summed E-state index contributed by atoms with van der Waals surface area (Å²) >= 11 is 0. The highest BCUT2D eigenvalue weighted by atomic mass is 16.5. The Labute approximate surface area is 199 Å². The highest BCUT2D eigenvalue weighted by Crippen LogP contribution is 2.32. The van der Waals surface area contributed by atoms with Crippen LogP contribution < -0.4 is 0 Å². The lowest BCUT2D eigenvalue weighted by Gasteiger charge is -2.27. The Morgan fingerprint density at radius 2 is 1.79 bits per heavy atom. The van der Waals surface area contributed by atoms with Gasteiger partial charge < -0.3 is 14.8 Å². The molecule has 0 atom stereocenters. The van der Waals surface area contributed by atoms with Gasteiger partial charge in [-0.2, -0.15) is 5.26 Å². The molecule has 0 amide bonds. The number of aromatic nitrogens is 2. The minimum atomic E-state index is -0.873. The molecule has 0 radical (unpaired) electrons. The minimum absolute atomic E-state index is 0.681. The number of hydrogen-bond donors (Lipinski definition) is 2. The number of nitrogens with one attached hydrogen (secondary N) is 1. The predicted molar refractivity (Wildman–Crippen MR) is 133 cm³/mol. The molecule has 1 aliphatic rings. The fraction of sp³-hybridized carbons (Fsp3) is 0.286. The fourth-order valence-corrected chi connectivity index (χ4v) is 4.46. The Balaban J connectivity index is 1.48. The van der Waals surface area contributed by atoms with E-state index in [1.54, 1.807) is 20.0 Å². The zero-order chi connectivity index (χ0) is 23.7. The number of ether oxygens (including phenoxy) is 1. The van der Waals surface area contributed by atoms with Crippen LogP contribution in [0, 0.1) is 11.3 Å². The molecule has 1 saturated heterocycles. The van der Waals surface area contributed by atoms with Gasteiger partial charge in [-0.25, -0.2) is 0 Å². The largest absolute Gasteiger partial charge is 0.386 e. The van der Waals surface area contributed by atoms with Gasteiger partial charge in [-0.3, -0.25) is 9.88 Å². The average molecular weight is 453 g/mol. The zero-order valence-corrected chi connectivity index (χ0v) is 19.5. The van der Waals surface area contributed by atoms with Gasteiger partial charge in [0.25, 0.3) is 0 Å². The molecule has 34 heavy (non-hydrogen) atoms. The molecule has 1 fully saturated rings. The standard InChI is InChI=1S/C28H28N4O2/c1-28(2,33)23-7-5-19(6-8-23)26-16-24-25(31-26)9-10-30-27(24)20-3-4-21(22(15-20)17-29)18-32-11-13-34-14-12-32/h3-10,15-16,31,33H,11-14,18H2,1-2H3. The van der Waals surface area contributed by atoms with Crippen LogP contribution in [-0.4, -0.2) is 46.3 Å². The SMILES string of the molecule is CC(C)(O)c1ccc(-c2cc3c(-c4ccc(CN5CCOCC5)c(C#N)c4)nccc3[nH]2)cc1. The second-order valence-electron chi connectivity index (χ2n) is 9.31. The predicted octanol–water partition coefficient (Wildman–Crippen LogP) is 4.83. The van der Waals surface area contributed by atoms with Crippen molar-refractivity contribution in [2.45, 2.75) is 26.0 Å². The first-order chi connectivity index (χ1) is 16.4. The van der Waals surface area contributed by atoms with Gasteiger partial charge in [0.1, 0.15) is 0 Å². The van der Waals surface area contributed by atoms with E-state index in [-0.39, 0.29) is 0 Å². The molecule has 2 N–H and O–H groups in total. The lowest BCUT2D eigenvalue weighted by molar-refractivity contribution is 0.0341. The Morgan fingerprint density at radius 1 is 1.06 bits per heavy atom. The number of nitrogens with zero attached hydrogens (tertiary/aromatic N) is 3. The summed E-state index contributed by atoms with van der Waals surface area (Å²) in [5.41, 5.74) is 6.49. The Hall–Kier alpha value is -3.50. The monoisotopic (exact) mass is 452 g/mol. The number of aliphatic hydroxyl groups is 1. The zero-order valence-electron chi connectivity index (χ0n) is 19.5. The first-order valence-electron chi connectivity index (χ1n) is 11.6. The molecule has 6 heteroatoms. The van der Waals surface area contributed by atoms with E-state index >= 15 is 0 Å². The molecule has 4 aromatic rings. The summed E-state index contributed by atoms with van der Waals surface area (Å²) in [4.78, 5) is 10.5. The number of morpholine rings is 1. The van der Waals surface area contributed by atoms with Gasteiger partial charge in [-0.05, 0) is 48.7 Å². The van der Waals surface area contributed by atoms with Crippen molar-refractivity contribution in [3.8, 4) is 28.6 Å². The number of pyridine rings is 1. The molecule has 3 heterocycles. The van der Waals surface area contributed by atoms with Crippen LogP contribution in [0.5, 0.6) is 0 Å². The topological polar surface area (TPSA) is 85.2 Å². The molecule has 1 aliphatic heterocycles. The van der Waals surface area contributed by atoms with E-state index in [1.807, 2.05) is 42.5 Å². The Morgan fingerprint density at radius 3 is 2.50 bits per heavy atom. The highest BCUT2D eigenvalue weighted by molar-refractivity contribution is 5.96. The van der Waals surface area contributed by atoms with Crippen LogP contribution in [0.15, 0.2) is 60.8 Å². The van der Waals surface area contributed by atoms with Gasteiger partial charge in [0, 0.05) is 48.0 Å². The van der Waals surface area contributed by atoms with E-state index in [9.17, 15) is 10.4 Å². The second kappa shape index (κ2) is 9.03. The van der Waals surface area contributed by atoms with Gasteiger partial charge in [-0.15, -0.1) is 0 Å². The summed E-state index contributed by atoms with van der Waals surface area (Å²) in [7, 11) is 0. The van der Waals surface area contributed by atoms with Gasteiger partial charge >= 0.3 is 0 Å². The van der Waals surface area contributed by atoms with Crippen molar-refractivity contribution in [2.75, 3.05) is 26.3 Å². The fourth-order valence-electron chi connectivity index (χ4n) is 4.46. The number of nitriles is 1. The van der Waals surface area contributed by atoms with Crippen molar-refractivity contribution < 1.29 is 9.84 Å². The minimum Gasteiger partial charge on any atom is -0.386 e. The van der Waals surface area contributed by atoms with Crippen molar-refractivity contribution in [1.82, 2.24) is 14.9 Å². The summed E-state index contributed by atoms with van der Waals surface area (Å²) in [6, 6.07) is 20.4. The molecular weight excluding hydrogens is 424 g/mol. The first-order valence-corrected chi connectivity index (χ1v) is 11.6. The maximum atomic E-state index is 10.2.